The van der Waals surface area contributed by atoms with Gasteiger partial charge in [-0.15, -0.1) is 0 Å². The lowest BCUT2D eigenvalue weighted by atomic mass is 10.00. The number of hydrogen-bond donors (Lipinski definition) is 2. The van der Waals surface area contributed by atoms with E-state index in [-0.39, 0.29) is 23.8 Å². The molecule has 0 saturated carbocycles. The lowest BCUT2D eigenvalue weighted by molar-refractivity contribution is -0.115. The summed E-state index contributed by atoms with van der Waals surface area (Å²) < 4.78 is 15.7. The molecule has 36 heavy (non-hydrogen) atoms. The molecule has 1 amide bonds. The molecule has 0 radical (unpaired) electrons. The summed E-state index contributed by atoms with van der Waals surface area (Å²) >= 11 is 5.85. The summed E-state index contributed by atoms with van der Waals surface area (Å²) in [4.78, 5) is 18.6. The van der Waals surface area contributed by atoms with E-state index in [1.165, 1.54) is 12.1 Å². The van der Waals surface area contributed by atoms with E-state index in [4.69, 9.17) is 12.2 Å². The maximum absolute atomic E-state index is 13.6. The highest BCUT2D eigenvalue weighted by Crippen LogP contribution is 2.42. The average Bonchev–Trinajstić information content (AvgIpc) is 3.50. The summed E-state index contributed by atoms with van der Waals surface area (Å²) in [6, 6.07) is 21.7. The van der Waals surface area contributed by atoms with Crippen molar-refractivity contribution in [1.29, 1.82) is 0 Å². The standard InChI is InChI=1S/C28H26FN5OS/c1-3-25(35)31-22-14-13-21(17-18(22)2)34-27(26(32-28(34)36)23-7-4-5-15-30-23)24-8-6-16-33(24)20-11-9-19(29)10-12-20/h4-17,26-27H,3H2,1-2H3,(H,31,35)(H,32,36)/t26-,27-/m1/s1. The molecular formula is C28H26FN5OS. The molecule has 5 rings (SSSR count). The summed E-state index contributed by atoms with van der Waals surface area (Å²) in [6.07, 6.45) is 4.15. The molecule has 2 N–H and O–H groups in total. The van der Waals surface area contributed by atoms with Crippen LogP contribution in [0.25, 0.3) is 5.69 Å². The summed E-state index contributed by atoms with van der Waals surface area (Å²) in [5.41, 5.74) is 5.30. The van der Waals surface area contributed by atoms with Crippen LogP contribution in [0, 0.1) is 12.7 Å². The Morgan fingerprint density at radius 1 is 1.08 bits per heavy atom. The van der Waals surface area contributed by atoms with Crippen LogP contribution in [0.4, 0.5) is 15.8 Å². The molecule has 4 aromatic rings. The second kappa shape index (κ2) is 9.91. The van der Waals surface area contributed by atoms with Gasteiger partial charge in [0.15, 0.2) is 5.11 Å². The van der Waals surface area contributed by atoms with E-state index in [1.807, 2.05) is 67.1 Å². The minimum atomic E-state index is -0.283. The van der Waals surface area contributed by atoms with Crippen molar-refractivity contribution in [1.82, 2.24) is 14.9 Å². The summed E-state index contributed by atoms with van der Waals surface area (Å²) in [5.74, 6) is -0.315. The van der Waals surface area contributed by atoms with Gasteiger partial charge in [-0.1, -0.05) is 13.0 Å². The number of aryl methyl sites for hydroxylation is 1. The van der Waals surface area contributed by atoms with Crippen molar-refractivity contribution in [3.05, 3.63) is 108 Å². The highest BCUT2D eigenvalue weighted by molar-refractivity contribution is 7.80. The molecule has 6 nitrogen and oxygen atoms in total. The molecule has 1 fully saturated rings. The van der Waals surface area contributed by atoms with Crippen LogP contribution in [0.15, 0.2) is 85.2 Å². The van der Waals surface area contributed by atoms with Crippen molar-refractivity contribution < 1.29 is 9.18 Å². The number of halogens is 1. The minimum absolute atomic E-state index is 0.0329. The largest absolute Gasteiger partial charge is 0.351 e. The maximum Gasteiger partial charge on any atom is 0.224 e. The number of amides is 1. The molecule has 0 aliphatic carbocycles. The van der Waals surface area contributed by atoms with Gasteiger partial charge in [0.05, 0.1) is 11.7 Å². The Hall–Kier alpha value is -4.04. The second-order valence-electron chi connectivity index (χ2n) is 8.68. The minimum Gasteiger partial charge on any atom is -0.351 e. The van der Waals surface area contributed by atoms with E-state index in [9.17, 15) is 9.18 Å². The van der Waals surface area contributed by atoms with Crippen molar-refractivity contribution in [3.8, 4) is 5.69 Å². The number of nitrogens with one attached hydrogen (secondary N) is 2. The number of anilines is 2. The van der Waals surface area contributed by atoms with E-state index < -0.39 is 0 Å². The normalized spacial score (nSPS) is 17.2. The summed E-state index contributed by atoms with van der Waals surface area (Å²) in [6.45, 7) is 3.79. The number of rotatable bonds is 6. The van der Waals surface area contributed by atoms with E-state index in [1.54, 1.807) is 18.3 Å². The van der Waals surface area contributed by atoms with Gasteiger partial charge in [-0.25, -0.2) is 4.39 Å². The molecule has 1 aliphatic heterocycles. The predicted octanol–water partition coefficient (Wildman–Crippen LogP) is 5.85. The molecule has 3 heterocycles. The van der Waals surface area contributed by atoms with Crippen LogP contribution in [0.5, 0.6) is 0 Å². The monoisotopic (exact) mass is 499 g/mol. The SMILES string of the molecule is CCC(=O)Nc1ccc(N2C(=S)N[C@H](c3ccccn3)[C@H]2c2cccn2-c2ccc(F)cc2)cc1C. The molecule has 182 valence electrons. The Kier molecular flexibility index (Phi) is 6.52. The highest BCUT2D eigenvalue weighted by Gasteiger charge is 2.42. The molecule has 2 aromatic carbocycles. The number of nitrogens with zero attached hydrogens (tertiary/aromatic N) is 3. The van der Waals surface area contributed by atoms with Crippen molar-refractivity contribution in [2.45, 2.75) is 32.4 Å². The third kappa shape index (κ3) is 4.47. The zero-order valence-corrected chi connectivity index (χ0v) is 20.8. The topological polar surface area (TPSA) is 62.2 Å². The number of hydrogen-bond acceptors (Lipinski definition) is 3. The van der Waals surface area contributed by atoms with Gasteiger partial charge in [0.25, 0.3) is 0 Å². The van der Waals surface area contributed by atoms with Crippen LogP contribution in [0.3, 0.4) is 0 Å². The van der Waals surface area contributed by atoms with Crippen molar-refractivity contribution in [2.75, 3.05) is 10.2 Å². The third-order valence-electron chi connectivity index (χ3n) is 6.37. The molecule has 1 aliphatic rings. The first-order valence-electron chi connectivity index (χ1n) is 11.8. The van der Waals surface area contributed by atoms with Crippen LogP contribution in [0.1, 0.15) is 42.4 Å². The summed E-state index contributed by atoms with van der Waals surface area (Å²) in [5, 5.41) is 7.00. The number of aromatic nitrogens is 2. The number of thiocarbonyl (C=S) groups is 1. The van der Waals surface area contributed by atoms with Gasteiger partial charge < -0.3 is 20.1 Å². The zero-order chi connectivity index (χ0) is 25.2. The van der Waals surface area contributed by atoms with Gasteiger partial charge in [-0.2, -0.15) is 0 Å². The van der Waals surface area contributed by atoms with E-state index >= 15 is 0 Å². The fourth-order valence-electron chi connectivity index (χ4n) is 4.58. The molecule has 0 spiro atoms. The fraction of sp³-hybridized carbons (Fsp3) is 0.179. The Morgan fingerprint density at radius 3 is 2.56 bits per heavy atom. The first-order chi connectivity index (χ1) is 17.5. The van der Waals surface area contributed by atoms with Crippen LogP contribution in [0.2, 0.25) is 0 Å². The van der Waals surface area contributed by atoms with Crippen molar-refractivity contribution in [3.63, 3.8) is 0 Å². The number of pyridine rings is 1. The van der Waals surface area contributed by atoms with Gasteiger partial charge in [-0.3, -0.25) is 9.78 Å². The molecule has 0 bridgehead atoms. The number of carbonyl (C=O) groups excluding carboxylic acids is 1. The van der Waals surface area contributed by atoms with E-state index in [0.717, 1.165) is 34.0 Å². The maximum atomic E-state index is 13.6. The molecule has 2 aromatic heterocycles. The van der Waals surface area contributed by atoms with Crippen molar-refractivity contribution in [2.24, 2.45) is 0 Å². The quantitative estimate of drug-likeness (QED) is 0.326. The average molecular weight is 500 g/mol. The molecule has 2 atom stereocenters. The second-order valence-corrected chi connectivity index (χ2v) is 9.06. The number of carbonyl (C=O) groups is 1. The third-order valence-corrected chi connectivity index (χ3v) is 6.68. The van der Waals surface area contributed by atoms with Crippen LogP contribution in [-0.2, 0) is 4.79 Å². The lowest BCUT2D eigenvalue weighted by Gasteiger charge is -2.29. The Labute approximate surface area is 214 Å². The lowest BCUT2D eigenvalue weighted by Crippen LogP contribution is -2.30. The fourth-order valence-corrected chi connectivity index (χ4v) is 4.93. The molecular weight excluding hydrogens is 473 g/mol. The van der Waals surface area contributed by atoms with Crippen LogP contribution >= 0.6 is 12.2 Å². The van der Waals surface area contributed by atoms with E-state index in [0.29, 0.717) is 11.5 Å². The van der Waals surface area contributed by atoms with Gasteiger partial charge in [0.1, 0.15) is 11.9 Å². The first-order valence-corrected chi connectivity index (χ1v) is 12.2. The van der Waals surface area contributed by atoms with Gasteiger partial charge in [0, 0.05) is 41.6 Å². The molecule has 0 unspecified atom stereocenters. The predicted molar refractivity (Wildman–Crippen MR) is 144 cm³/mol. The van der Waals surface area contributed by atoms with Gasteiger partial charge >= 0.3 is 0 Å². The van der Waals surface area contributed by atoms with Crippen LogP contribution < -0.4 is 15.5 Å². The van der Waals surface area contributed by atoms with Crippen LogP contribution in [-0.4, -0.2) is 20.6 Å². The van der Waals surface area contributed by atoms with Gasteiger partial charge in [-0.05, 0) is 91.4 Å². The smallest absolute Gasteiger partial charge is 0.224 e. The van der Waals surface area contributed by atoms with Gasteiger partial charge in [0.2, 0.25) is 5.91 Å². The highest BCUT2D eigenvalue weighted by atomic mass is 32.1. The summed E-state index contributed by atoms with van der Waals surface area (Å²) in [7, 11) is 0. The Bertz CT molecular complexity index is 1400. The molecule has 1 saturated heterocycles. The Morgan fingerprint density at radius 2 is 1.86 bits per heavy atom. The van der Waals surface area contributed by atoms with Crippen molar-refractivity contribution >= 4 is 34.6 Å². The number of benzene rings is 2. The Balaban J connectivity index is 1.61. The van der Waals surface area contributed by atoms with E-state index in [2.05, 4.69) is 26.6 Å². The zero-order valence-electron chi connectivity index (χ0n) is 20.0. The first kappa shape index (κ1) is 23.7. The molecule has 8 heteroatoms.